The Hall–Kier alpha value is -7.26. The minimum absolute atomic E-state index is 0.114. The third-order valence-electron chi connectivity index (χ3n) is 8.61. The molecular formula is C39H31N7O11S2. The molecule has 6 rings (SSSR count). The summed E-state index contributed by atoms with van der Waals surface area (Å²) in [5.74, 6) is -2.12. The molecular weight excluding hydrogens is 807 g/mol. The van der Waals surface area contributed by atoms with Gasteiger partial charge in [0.1, 0.15) is 21.1 Å². The number of nitrogens with one attached hydrogen (secondary N) is 2. The van der Waals surface area contributed by atoms with E-state index in [1.807, 2.05) is 0 Å². The van der Waals surface area contributed by atoms with Crippen LogP contribution in [0.15, 0.2) is 144 Å². The van der Waals surface area contributed by atoms with Gasteiger partial charge in [-0.25, -0.2) is 4.79 Å². The first-order valence-electron chi connectivity index (χ1n) is 17.0. The van der Waals surface area contributed by atoms with E-state index in [4.69, 9.17) is 9.84 Å². The number of benzene rings is 5. The van der Waals surface area contributed by atoms with Gasteiger partial charge in [0.05, 0.1) is 46.9 Å². The van der Waals surface area contributed by atoms with E-state index in [9.17, 15) is 40.3 Å². The van der Waals surface area contributed by atoms with Gasteiger partial charge < -0.3 is 15.2 Å². The normalized spacial score (nSPS) is 13.9. The Labute approximate surface area is 335 Å². The van der Waals surface area contributed by atoms with Gasteiger partial charge in [-0.1, -0.05) is 12.1 Å². The number of hydrazone groups is 1. The lowest BCUT2D eigenvalue weighted by Crippen LogP contribution is -2.16. The molecule has 18 nitrogen and oxygen atoms in total. The number of hydrogen-bond acceptors (Lipinski definition) is 14. The molecule has 5 N–H and O–H groups in total. The van der Waals surface area contributed by atoms with Crippen LogP contribution in [-0.4, -0.2) is 61.5 Å². The van der Waals surface area contributed by atoms with Crippen LogP contribution in [0.5, 0.6) is 5.75 Å². The van der Waals surface area contributed by atoms with Crippen molar-refractivity contribution in [2.24, 2.45) is 25.6 Å². The number of methoxy groups -OCH3 is 1. The second-order valence-electron chi connectivity index (χ2n) is 12.7. The highest BCUT2D eigenvalue weighted by molar-refractivity contribution is 7.86. The monoisotopic (exact) mass is 837 g/mol. The lowest BCUT2D eigenvalue weighted by molar-refractivity contribution is -0.134. The van der Waals surface area contributed by atoms with Gasteiger partial charge in [0, 0.05) is 22.4 Å². The average molecular weight is 838 g/mol. The molecule has 300 valence electrons. The summed E-state index contributed by atoms with van der Waals surface area (Å²) in [4.78, 5) is 34.9. The Morgan fingerprint density at radius 1 is 0.712 bits per heavy atom. The average Bonchev–Trinajstić information content (AvgIpc) is 3.18. The SMILES string of the molecule is COc1cc(N=Nc2ccc(N=Nc3cc(S(=O)(=O)O)c4cccc(S(=O)(=O)O)c4c3)c(C)c2)c(C)cc1NC(=O)c1ccc(NN=C2C=CC(=O)C(C(=O)O)=C2)cc1. The van der Waals surface area contributed by atoms with Crippen molar-refractivity contribution in [3.05, 3.63) is 125 Å². The number of ether oxygens (including phenoxy) is 1. The number of carboxylic acids is 1. The molecule has 0 saturated heterocycles. The van der Waals surface area contributed by atoms with Crippen molar-refractivity contribution in [2.45, 2.75) is 23.6 Å². The van der Waals surface area contributed by atoms with Crippen LogP contribution < -0.4 is 15.5 Å². The summed E-state index contributed by atoms with van der Waals surface area (Å²) in [6.45, 7) is 3.48. The molecule has 5 aromatic rings. The van der Waals surface area contributed by atoms with Crippen LogP contribution in [0.2, 0.25) is 0 Å². The van der Waals surface area contributed by atoms with E-state index in [1.165, 1.54) is 31.4 Å². The number of carbonyl (C=O) groups excluding carboxylic acids is 2. The maximum Gasteiger partial charge on any atom is 0.339 e. The second kappa shape index (κ2) is 16.7. The summed E-state index contributed by atoms with van der Waals surface area (Å²) < 4.78 is 73.3. The number of aryl methyl sites for hydroxylation is 2. The zero-order valence-electron chi connectivity index (χ0n) is 31.0. The van der Waals surface area contributed by atoms with Crippen LogP contribution in [0, 0.1) is 13.8 Å². The summed E-state index contributed by atoms with van der Waals surface area (Å²) in [5, 5.41) is 32.6. The number of azo groups is 2. The van der Waals surface area contributed by atoms with Crippen molar-refractivity contribution in [1.82, 2.24) is 0 Å². The molecule has 0 radical (unpaired) electrons. The smallest absolute Gasteiger partial charge is 0.339 e. The molecule has 1 aliphatic carbocycles. The summed E-state index contributed by atoms with van der Waals surface area (Å²) in [6.07, 6.45) is 3.64. The van der Waals surface area contributed by atoms with Crippen molar-refractivity contribution in [1.29, 1.82) is 0 Å². The van der Waals surface area contributed by atoms with Gasteiger partial charge in [0.25, 0.3) is 26.1 Å². The number of nitrogens with zero attached hydrogens (tertiary/aromatic N) is 5. The molecule has 0 heterocycles. The molecule has 5 aromatic carbocycles. The standard InChI is InChI=1S/C39H31N7O11S2/c1-21-15-25(11-13-31(21)45-44-27-18-29-28(37(19-27)59(54,55)56)5-4-6-36(29)58(51,52)53)43-46-32-20-35(57-3)33(16-22(32)2)40-38(48)23-7-9-24(10-8-23)41-42-26-12-14-34(47)30(17-26)39(49)50/h4-20,41H,1-3H3,(H,40,48)(H,49,50)(H,51,52,53)(H,54,55,56). The van der Waals surface area contributed by atoms with Crippen molar-refractivity contribution in [2.75, 3.05) is 17.9 Å². The van der Waals surface area contributed by atoms with Crippen LogP contribution in [0.3, 0.4) is 0 Å². The van der Waals surface area contributed by atoms with Gasteiger partial charge in [-0.05, 0) is 110 Å². The fourth-order valence-electron chi connectivity index (χ4n) is 5.67. The number of ketones is 1. The highest BCUT2D eigenvalue weighted by atomic mass is 32.2. The second-order valence-corrected chi connectivity index (χ2v) is 15.5. The van der Waals surface area contributed by atoms with Crippen LogP contribution in [0.25, 0.3) is 10.8 Å². The lowest BCUT2D eigenvalue weighted by Gasteiger charge is -2.13. The number of fused-ring (bicyclic) bond motifs is 1. The summed E-state index contributed by atoms with van der Waals surface area (Å²) in [7, 11) is -8.16. The quantitative estimate of drug-likeness (QED) is 0.0263. The van der Waals surface area contributed by atoms with Crippen molar-refractivity contribution < 1.29 is 50.2 Å². The first-order chi connectivity index (χ1) is 27.9. The van der Waals surface area contributed by atoms with Crippen LogP contribution in [0.1, 0.15) is 21.5 Å². The maximum absolute atomic E-state index is 13.1. The minimum atomic E-state index is -4.83. The third kappa shape index (κ3) is 9.65. The molecule has 0 fully saturated rings. The maximum atomic E-state index is 13.1. The lowest BCUT2D eigenvalue weighted by atomic mass is 10.0. The van der Waals surface area contributed by atoms with Gasteiger partial charge in [-0.3, -0.25) is 24.1 Å². The van der Waals surface area contributed by atoms with Crippen molar-refractivity contribution >= 4 is 88.5 Å². The number of allylic oxidation sites excluding steroid dienone is 3. The fraction of sp³-hybridized carbons (Fsp3) is 0.0769. The molecule has 0 aliphatic heterocycles. The number of aliphatic carboxylic acids is 1. The third-order valence-corrected chi connectivity index (χ3v) is 10.4. The number of anilines is 2. The van der Waals surface area contributed by atoms with E-state index in [-0.39, 0.29) is 22.2 Å². The summed E-state index contributed by atoms with van der Waals surface area (Å²) in [6, 6.07) is 20.2. The van der Waals surface area contributed by atoms with E-state index in [0.717, 1.165) is 24.3 Å². The van der Waals surface area contributed by atoms with Crippen LogP contribution in [-0.2, 0) is 29.8 Å². The van der Waals surface area contributed by atoms with Crippen molar-refractivity contribution in [3.8, 4) is 5.75 Å². The van der Waals surface area contributed by atoms with E-state index >= 15 is 0 Å². The van der Waals surface area contributed by atoms with E-state index < -0.39 is 53.3 Å². The molecule has 59 heavy (non-hydrogen) atoms. The Balaban J connectivity index is 1.15. The molecule has 0 aromatic heterocycles. The number of rotatable bonds is 12. The Kier molecular flexibility index (Phi) is 11.7. The molecule has 0 bridgehead atoms. The largest absolute Gasteiger partial charge is 0.494 e. The molecule has 0 atom stereocenters. The zero-order valence-corrected chi connectivity index (χ0v) is 32.6. The highest BCUT2D eigenvalue weighted by Crippen LogP contribution is 2.36. The van der Waals surface area contributed by atoms with Crippen LogP contribution >= 0.6 is 0 Å². The number of carbonyl (C=O) groups is 3. The number of amides is 1. The van der Waals surface area contributed by atoms with Gasteiger partial charge in [0.2, 0.25) is 0 Å². The number of carboxylic acid groups (broad SMARTS) is 1. The van der Waals surface area contributed by atoms with E-state index in [2.05, 4.69) is 36.3 Å². The topological polar surface area (TPSA) is 275 Å². The van der Waals surface area contributed by atoms with Gasteiger partial charge >= 0.3 is 5.97 Å². The number of hydrogen-bond donors (Lipinski definition) is 5. The zero-order chi connectivity index (χ0) is 42.6. The van der Waals surface area contributed by atoms with Crippen LogP contribution in [0.4, 0.5) is 34.1 Å². The highest BCUT2D eigenvalue weighted by Gasteiger charge is 2.22. The minimum Gasteiger partial charge on any atom is -0.494 e. The van der Waals surface area contributed by atoms with E-state index in [1.54, 1.807) is 68.4 Å². The van der Waals surface area contributed by atoms with Gasteiger partial charge in [0.15, 0.2) is 5.78 Å². The Bertz CT molecular complexity index is 2960. The first kappa shape index (κ1) is 41.4. The molecule has 0 unspecified atom stereocenters. The molecule has 1 aliphatic rings. The van der Waals surface area contributed by atoms with Gasteiger partial charge in [-0.15, -0.1) is 0 Å². The predicted molar refractivity (Wildman–Crippen MR) is 216 cm³/mol. The molecule has 1 amide bonds. The summed E-state index contributed by atoms with van der Waals surface area (Å²) in [5.41, 5.74) is 6.12. The molecule has 20 heteroatoms. The Morgan fingerprint density at radius 3 is 2.05 bits per heavy atom. The fourth-order valence-corrected chi connectivity index (χ4v) is 7.09. The van der Waals surface area contributed by atoms with Crippen molar-refractivity contribution in [3.63, 3.8) is 0 Å². The summed E-state index contributed by atoms with van der Waals surface area (Å²) >= 11 is 0. The molecule has 0 saturated carbocycles. The molecule has 0 spiro atoms. The van der Waals surface area contributed by atoms with E-state index in [0.29, 0.717) is 50.9 Å². The van der Waals surface area contributed by atoms with Gasteiger partial charge in [-0.2, -0.15) is 42.4 Å². The first-order valence-corrected chi connectivity index (χ1v) is 19.9. The predicted octanol–water partition coefficient (Wildman–Crippen LogP) is 7.96. The Morgan fingerprint density at radius 2 is 1.39 bits per heavy atom.